The molecule has 2 aliphatic rings. The number of thioether (sulfide) groups is 1. The topological polar surface area (TPSA) is 40.6 Å². The van der Waals surface area contributed by atoms with Crippen molar-refractivity contribution in [1.29, 1.82) is 0 Å². The lowest BCUT2D eigenvalue weighted by molar-refractivity contribution is -0.131. The first-order chi connectivity index (χ1) is 11.1. The largest absolute Gasteiger partial charge is 0.341 e. The minimum Gasteiger partial charge on any atom is -0.341 e. The molecular formula is C17H21ClN2O2S. The van der Waals surface area contributed by atoms with Crippen molar-refractivity contribution in [2.24, 2.45) is 5.92 Å². The smallest absolute Gasteiger partial charge is 0.282 e. The summed E-state index contributed by atoms with van der Waals surface area (Å²) < 4.78 is 0. The van der Waals surface area contributed by atoms with Gasteiger partial charge in [0.15, 0.2) is 0 Å². The number of rotatable bonds is 7. The number of halogens is 1. The van der Waals surface area contributed by atoms with Gasteiger partial charge < -0.3 is 9.80 Å². The predicted molar refractivity (Wildman–Crippen MR) is 93.9 cm³/mol. The normalized spacial score (nSPS) is 17.6. The van der Waals surface area contributed by atoms with Gasteiger partial charge >= 0.3 is 0 Å². The summed E-state index contributed by atoms with van der Waals surface area (Å²) in [5.74, 6) is 1.51. The summed E-state index contributed by atoms with van der Waals surface area (Å²) in [4.78, 5) is 27.9. The average molecular weight is 353 g/mol. The fraction of sp³-hybridized carbons (Fsp3) is 0.529. The number of hydrogen-bond acceptors (Lipinski definition) is 3. The molecule has 0 N–H and O–H groups in total. The van der Waals surface area contributed by atoms with E-state index in [9.17, 15) is 9.59 Å². The number of carbonyl (C=O) groups is 2. The van der Waals surface area contributed by atoms with Crippen molar-refractivity contribution >= 4 is 34.5 Å². The molecule has 4 nitrogen and oxygen atoms in total. The Hall–Kier alpha value is -1.20. The summed E-state index contributed by atoms with van der Waals surface area (Å²) in [5.41, 5.74) is 1.18. The maximum Gasteiger partial charge on any atom is 0.282 e. The van der Waals surface area contributed by atoms with E-state index < -0.39 is 0 Å². The fourth-order valence-corrected chi connectivity index (χ4v) is 3.63. The molecule has 1 saturated carbocycles. The standard InChI is InChI=1S/C17H21ClN2O2S/c18-15-5-3-13(4-6-15)7-8-19(11-14-1-2-14)16(21)12-20-9-10-23-17(20)22/h3-6,14H,1-2,7-12H2. The summed E-state index contributed by atoms with van der Waals surface area (Å²) >= 11 is 7.21. The van der Waals surface area contributed by atoms with E-state index in [1.165, 1.54) is 30.2 Å². The highest BCUT2D eigenvalue weighted by molar-refractivity contribution is 8.13. The van der Waals surface area contributed by atoms with Crippen molar-refractivity contribution in [3.8, 4) is 0 Å². The molecule has 0 spiro atoms. The van der Waals surface area contributed by atoms with Crippen molar-refractivity contribution in [1.82, 2.24) is 9.80 Å². The molecule has 2 amide bonds. The molecule has 0 unspecified atom stereocenters. The van der Waals surface area contributed by atoms with Crippen LogP contribution in [0.3, 0.4) is 0 Å². The van der Waals surface area contributed by atoms with E-state index in [1.54, 1.807) is 4.90 Å². The zero-order chi connectivity index (χ0) is 16.2. The van der Waals surface area contributed by atoms with E-state index >= 15 is 0 Å². The van der Waals surface area contributed by atoms with Crippen LogP contribution in [-0.4, -0.2) is 52.9 Å². The third-order valence-electron chi connectivity index (χ3n) is 4.28. The zero-order valence-electron chi connectivity index (χ0n) is 13.0. The third-order valence-corrected chi connectivity index (χ3v) is 5.43. The van der Waals surface area contributed by atoms with E-state index in [-0.39, 0.29) is 17.7 Å². The van der Waals surface area contributed by atoms with Gasteiger partial charge in [0.05, 0.1) is 0 Å². The number of benzene rings is 1. The number of carbonyl (C=O) groups excluding carboxylic acids is 2. The molecule has 1 aromatic rings. The predicted octanol–water partition coefficient (Wildman–Crippen LogP) is 3.29. The number of nitrogens with zero attached hydrogens (tertiary/aromatic N) is 2. The first-order valence-corrected chi connectivity index (χ1v) is 9.42. The van der Waals surface area contributed by atoms with Gasteiger partial charge in [0.2, 0.25) is 5.91 Å². The molecule has 0 aromatic heterocycles. The summed E-state index contributed by atoms with van der Waals surface area (Å²) in [6.07, 6.45) is 3.24. The van der Waals surface area contributed by atoms with E-state index in [0.717, 1.165) is 23.7 Å². The molecule has 6 heteroatoms. The van der Waals surface area contributed by atoms with Crippen LogP contribution in [0.2, 0.25) is 5.02 Å². The lowest BCUT2D eigenvalue weighted by Gasteiger charge is -2.25. The van der Waals surface area contributed by atoms with E-state index in [4.69, 9.17) is 11.6 Å². The van der Waals surface area contributed by atoms with Crippen LogP contribution in [0.4, 0.5) is 4.79 Å². The second kappa shape index (κ2) is 7.58. The van der Waals surface area contributed by atoms with Gasteiger partial charge in [-0.1, -0.05) is 35.5 Å². The molecule has 124 valence electrons. The molecule has 2 fully saturated rings. The van der Waals surface area contributed by atoms with Crippen LogP contribution in [0.15, 0.2) is 24.3 Å². The Morgan fingerprint density at radius 1 is 1.30 bits per heavy atom. The van der Waals surface area contributed by atoms with Crippen LogP contribution in [-0.2, 0) is 11.2 Å². The van der Waals surface area contributed by atoms with Gasteiger partial charge in [0.1, 0.15) is 6.54 Å². The summed E-state index contributed by atoms with van der Waals surface area (Å²) in [6, 6.07) is 7.76. The van der Waals surface area contributed by atoms with Gasteiger partial charge in [-0.2, -0.15) is 0 Å². The minimum absolute atomic E-state index is 0.0300. The first kappa shape index (κ1) is 16.7. The van der Waals surface area contributed by atoms with Crippen molar-refractivity contribution < 1.29 is 9.59 Å². The molecule has 0 atom stereocenters. The zero-order valence-corrected chi connectivity index (χ0v) is 14.6. The molecule has 1 aliphatic heterocycles. The highest BCUT2D eigenvalue weighted by Gasteiger charge is 2.29. The maximum absolute atomic E-state index is 12.6. The van der Waals surface area contributed by atoms with Crippen LogP contribution < -0.4 is 0 Å². The van der Waals surface area contributed by atoms with Crippen LogP contribution in [0.1, 0.15) is 18.4 Å². The highest BCUT2D eigenvalue weighted by Crippen LogP contribution is 2.30. The van der Waals surface area contributed by atoms with Crippen molar-refractivity contribution in [3.63, 3.8) is 0 Å². The fourth-order valence-electron chi connectivity index (χ4n) is 2.68. The Morgan fingerprint density at radius 3 is 2.65 bits per heavy atom. The Balaban J connectivity index is 1.56. The van der Waals surface area contributed by atoms with Crippen molar-refractivity contribution in [2.75, 3.05) is 31.9 Å². The second-order valence-electron chi connectivity index (χ2n) is 6.20. The van der Waals surface area contributed by atoms with Gasteiger partial charge in [0, 0.05) is 30.4 Å². The van der Waals surface area contributed by atoms with Crippen molar-refractivity contribution in [3.05, 3.63) is 34.9 Å². The van der Waals surface area contributed by atoms with E-state index in [1.807, 2.05) is 29.2 Å². The van der Waals surface area contributed by atoms with Gasteiger partial charge in [-0.15, -0.1) is 0 Å². The van der Waals surface area contributed by atoms with Crippen LogP contribution >= 0.6 is 23.4 Å². The third kappa shape index (κ3) is 4.88. The Labute approximate surface area is 146 Å². The van der Waals surface area contributed by atoms with Gasteiger partial charge in [-0.25, -0.2) is 0 Å². The lowest BCUT2D eigenvalue weighted by atomic mass is 10.1. The molecule has 1 saturated heterocycles. The first-order valence-electron chi connectivity index (χ1n) is 8.06. The minimum atomic E-state index is 0.0300. The van der Waals surface area contributed by atoms with Crippen molar-refractivity contribution in [2.45, 2.75) is 19.3 Å². The molecule has 1 heterocycles. The average Bonchev–Trinajstić information content (AvgIpc) is 3.27. The summed E-state index contributed by atoms with van der Waals surface area (Å²) in [5, 5.41) is 0.757. The van der Waals surface area contributed by atoms with Crippen LogP contribution in [0.5, 0.6) is 0 Å². The molecule has 23 heavy (non-hydrogen) atoms. The second-order valence-corrected chi connectivity index (χ2v) is 7.68. The molecule has 1 aromatic carbocycles. The maximum atomic E-state index is 12.6. The van der Waals surface area contributed by atoms with Gasteiger partial charge in [0.25, 0.3) is 5.24 Å². The Kier molecular flexibility index (Phi) is 5.49. The summed E-state index contributed by atoms with van der Waals surface area (Å²) in [6.45, 7) is 2.43. The molecule has 0 bridgehead atoms. The molecule has 1 aliphatic carbocycles. The quantitative estimate of drug-likeness (QED) is 0.756. The van der Waals surface area contributed by atoms with Crippen LogP contribution in [0.25, 0.3) is 0 Å². The molecular weight excluding hydrogens is 332 g/mol. The molecule has 0 radical (unpaired) electrons. The Morgan fingerprint density at radius 2 is 2.04 bits per heavy atom. The molecule has 3 rings (SSSR count). The van der Waals surface area contributed by atoms with E-state index in [0.29, 0.717) is 19.0 Å². The number of amides is 2. The van der Waals surface area contributed by atoms with Crippen LogP contribution in [0, 0.1) is 5.92 Å². The monoisotopic (exact) mass is 352 g/mol. The lowest BCUT2D eigenvalue weighted by Crippen LogP contribution is -2.42. The van der Waals surface area contributed by atoms with Gasteiger partial charge in [-0.3, -0.25) is 9.59 Å². The van der Waals surface area contributed by atoms with E-state index in [2.05, 4.69) is 0 Å². The summed E-state index contributed by atoms with van der Waals surface area (Å²) in [7, 11) is 0. The Bertz CT molecular complexity index is 574. The number of hydrogen-bond donors (Lipinski definition) is 0. The van der Waals surface area contributed by atoms with Gasteiger partial charge in [-0.05, 0) is 42.9 Å². The highest BCUT2D eigenvalue weighted by atomic mass is 35.5. The SMILES string of the molecule is O=C(CN1CCSC1=O)N(CCc1ccc(Cl)cc1)CC1CC1.